The van der Waals surface area contributed by atoms with E-state index in [0.29, 0.717) is 5.92 Å². The summed E-state index contributed by atoms with van der Waals surface area (Å²) in [5.74, 6) is 0.543. The van der Waals surface area contributed by atoms with Crippen LogP contribution in [0.2, 0.25) is 0 Å². The van der Waals surface area contributed by atoms with Gasteiger partial charge < -0.3 is 15.7 Å². The molecule has 0 saturated carbocycles. The van der Waals surface area contributed by atoms with Crippen LogP contribution in [0.4, 0.5) is 5.69 Å². The van der Waals surface area contributed by atoms with Crippen LogP contribution in [0.25, 0.3) is 0 Å². The number of aliphatic hydroxyl groups is 1. The average molecular weight is 234 g/mol. The fourth-order valence-corrected chi connectivity index (χ4v) is 2.72. The molecule has 3 N–H and O–H groups in total. The SMILES string of the molecule is CC(N)c1ccccc1N1CCC(C)C1CO. The molecule has 1 aliphatic rings. The smallest absolute Gasteiger partial charge is 0.0637 e. The van der Waals surface area contributed by atoms with Crippen LogP contribution in [0.1, 0.15) is 31.9 Å². The highest BCUT2D eigenvalue weighted by Gasteiger charge is 2.31. The van der Waals surface area contributed by atoms with Gasteiger partial charge in [-0.15, -0.1) is 0 Å². The number of hydrogen-bond donors (Lipinski definition) is 2. The molecule has 0 bridgehead atoms. The quantitative estimate of drug-likeness (QED) is 0.840. The lowest BCUT2D eigenvalue weighted by Crippen LogP contribution is -2.36. The van der Waals surface area contributed by atoms with Gasteiger partial charge in [-0.05, 0) is 30.9 Å². The van der Waals surface area contributed by atoms with Gasteiger partial charge in [0.15, 0.2) is 0 Å². The van der Waals surface area contributed by atoms with Crippen molar-refractivity contribution in [2.75, 3.05) is 18.1 Å². The summed E-state index contributed by atoms with van der Waals surface area (Å²) in [6.07, 6.45) is 1.14. The Morgan fingerprint density at radius 2 is 2.18 bits per heavy atom. The Hall–Kier alpha value is -1.06. The molecule has 0 amide bonds. The molecular weight excluding hydrogens is 212 g/mol. The number of benzene rings is 1. The molecule has 1 fully saturated rings. The third-order valence-electron chi connectivity index (χ3n) is 3.81. The van der Waals surface area contributed by atoms with Crippen molar-refractivity contribution in [2.45, 2.75) is 32.4 Å². The summed E-state index contributed by atoms with van der Waals surface area (Å²) in [4.78, 5) is 2.31. The van der Waals surface area contributed by atoms with Crippen LogP contribution in [0.15, 0.2) is 24.3 Å². The van der Waals surface area contributed by atoms with Crippen molar-refractivity contribution in [1.29, 1.82) is 0 Å². The third kappa shape index (κ3) is 2.31. The summed E-state index contributed by atoms with van der Waals surface area (Å²) in [6.45, 7) is 5.44. The second-order valence-electron chi connectivity index (χ2n) is 5.06. The zero-order valence-corrected chi connectivity index (χ0v) is 10.6. The van der Waals surface area contributed by atoms with Gasteiger partial charge in [0, 0.05) is 18.3 Å². The summed E-state index contributed by atoms with van der Waals surface area (Å²) >= 11 is 0. The highest BCUT2D eigenvalue weighted by molar-refractivity contribution is 5.56. The summed E-state index contributed by atoms with van der Waals surface area (Å²) < 4.78 is 0. The number of para-hydroxylation sites is 1. The van der Waals surface area contributed by atoms with Crippen LogP contribution in [-0.2, 0) is 0 Å². The number of hydrogen-bond acceptors (Lipinski definition) is 3. The maximum absolute atomic E-state index is 9.52. The minimum Gasteiger partial charge on any atom is -0.394 e. The van der Waals surface area contributed by atoms with Crippen LogP contribution in [0.5, 0.6) is 0 Å². The van der Waals surface area contributed by atoms with Crippen molar-refractivity contribution in [3.8, 4) is 0 Å². The minimum absolute atomic E-state index is 0.0291. The zero-order valence-electron chi connectivity index (χ0n) is 10.6. The van der Waals surface area contributed by atoms with Crippen LogP contribution in [0, 0.1) is 5.92 Å². The lowest BCUT2D eigenvalue weighted by Gasteiger charge is -2.30. The van der Waals surface area contributed by atoms with Crippen molar-refractivity contribution in [3.05, 3.63) is 29.8 Å². The van der Waals surface area contributed by atoms with E-state index < -0.39 is 0 Å². The Morgan fingerprint density at radius 1 is 1.47 bits per heavy atom. The van der Waals surface area contributed by atoms with Crippen LogP contribution in [-0.4, -0.2) is 24.3 Å². The number of anilines is 1. The second kappa shape index (κ2) is 5.07. The number of nitrogens with two attached hydrogens (primary N) is 1. The lowest BCUT2D eigenvalue weighted by molar-refractivity contribution is 0.244. The lowest BCUT2D eigenvalue weighted by atomic mass is 10.0. The van der Waals surface area contributed by atoms with Crippen LogP contribution < -0.4 is 10.6 Å². The van der Waals surface area contributed by atoms with Crippen molar-refractivity contribution in [1.82, 2.24) is 0 Å². The molecule has 3 atom stereocenters. The topological polar surface area (TPSA) is 49.5 Å². The van der Waals surface area contributed by atoms with E-state index >= 15 is 0 Å². The predicted octanol–water partition coefficient (Wildman–Crippen LogP) is 1.91. The van der Waals surface area contributed by atoms with Gasteiger partial charge in [-0.2, -0.15) is 0 Å². The Labute approximate surface area is 103 Å². The molecule has 94 valence electrons. The molecule has 0 aliphatic carbocycles. The molecule has 3 nitrogen and oxygen atoms in total. The summed E-state index contributed by atoms with van der Waals surface area (Å²) in [7, 11) is 0. The summed E-state index contributed by atoms with van der Waals surface area (Å²) in [5.41, 5.74) is 8.37. The molecule has 0 radical (unpaired) electrons. The van der Waals surface area contributed by atoms with Crippen molar-refractivity contribution in [2.24, 2.45) is 11.7 Å². The molecule has 3 unspecified atom stereocenters. The van der Waals surface area contributed by atoms with Gasteiger partial charge in [0.2, 0.25) is 0 Å². The highest BCUT2D eigenvalue weighted by Crippen LogP contribution is 2.33. The molecule has 1 aromatic carbocycles. The van der Waals surface area contributed by atoms with Crippen LogP contribution in [0.3, 0.4) is 0 Å². The van der Waals surface area contributed by atoms with Gasteiger partial charge >= 0.3 is 0 Å². The van der Waals surface area contributed by atoms with Gasteiger partial charge in [-0.25, -0.2) is 0 Å². The van der Waals surface area contributed by atoms with Crippen molar-refractivity contribution >= 4 is 5.69 Å². The molecule has 1 saturated heterocycles. The van der Waals surface area contributed by atoms with E-state index in [4.69, 9.17) is 5.73 Å². The van der Waals surface area contributed by atoms with E-state index in [1.807, 2.05) is 19.1 Å². The number of rotatable bonds is 3. The van der Waals surface area contributed by atoms with E-state index in [2.05, 4.69) is 24.0 Å². The van der Waals surface area contributed by atoms with E-state index in [1.165, 1.54) is 11.3 Å². The second-order valence-corrected chi connectivity index (χ2v) is 5.06. The molecular formula is C14H22N2O. The fourth-order valence-electron chi connectivity index (χ4n) is 2.72. The Kier molecular flexibility index (Phi) is 3.69. The Bertz CT molecular complexity index is 378. The molecule has 0 aromatic heterocycles. The average Bonchev–Trinajstić information content (AvgIpc) is 2.70. The first-order chi connectivity index (χ1) is 8.15. The predicted molar refractivity (Wildman–Crippen MR) is 71.0 cm³/mol. The normalized spacial score (nSPS) is 26.2. The molecule has 3 heteroatoms. The van der Waals surface area contributed by atoms with Gasteiger partial charge in [-0.3, -0.25) is 0 Å². The summed E-state index contributed by atoms with van der Waals surface area (Å²) in [6, 6.07) is 8.52. The molecule has 1 aliphatic heterocycles. The fraction of sp³-hybridized carbons (Fsp3) is 0.571. The van der Waals surface area contributed by atoms with E-state index in [9.17, 15) is 5.11 Å². The Morgan fingerprint density at radius 3 is 2.82 bits per heavy atom. The maximum Gasteiger partial charge on any atom is 0.0637 e. The summed E-state index contributed by atoms with van der Waals surface area (Å²) in [5, 5.41) is 9.52. The van der Waals surface area contributed by atoms with Gasteiger partial charge in [0.05, 0.1) is 12.6 Å². The Balaban J connectivity index is 2.33. The first-order valence-electron chi connectivity index (χ1n) is 6.37. The van der Waals surface area contributed by atoms with E-state index in [0.717, 1.165) is 13.0 Å². The van der Waals surface area contributed by atoms with Crippen LogP contribution >= 0.6 is 0 Å². The third-order valence-corrected chi connectivity index (χ3v) is 3.81. The molecule has 2 rings (SSSR count). The number of nitrogens with zero attached hydrogens (tertiary/aromatic N) is 1. The zero-order chi connectivity index (χ0) is 12.4. The van der Waals surface area contributed by atoms with Gasteiger partial charge in [0.25, 0.3) is 0 Å². The number of aliphatic hydroxyl groups excluding tert-OH is 1. The molecule has 0 spiro atoms. The van der Waals surface area contributed by atoms with Gasteiger partial charge in [-0.1, -0.05) is 25.1 Å². The molecule has 17 heavy (non-hydrogen) atoms. The molecule has 1 heterocycles. The standard InChI is InChI=1S/C14H22N2O/c1-10-7-8-16(14(10)9-17)13-6-4-3-5-12(13)11(2)15/h3-6,10-11,14,17H,7-9,15H2,1-2H3. The van der Waals surface area contributed by atoms with Crippen molar-refractivity contribution in [3.63, 3.8) is 0 Å². The molecule has 1 aromatic rings. The largest absolute Gasteiger partial charge is 0.394 e. The highest BCUT2D eigenvalue weighted by atomic mass is 16.3. The monoisotopic (exact) mass is 234 g/mol. The van der Waals surface area contributed by atoms with E-state index in [-0.39, 0.29) is 18.7 Å². The maximum atomic E-state index is 9.52. The van der Waals surface area contributed by atoms with Gasteiger partial charge in [0.1, 0.15) is 0 Å². The minimum atomic E-state index is 0.0291. The van der Waals surface area contributed by atoms with Crippen molar-refractivity contribution < 1.29 is 5.11 Å². The van der Waals surface area contributed by atoms with E-state index in [1.54, 1.807) is 0 Å². The first-order valence-corrected chi connectivity index (χ1v) is 6.37. The first kappa shape index (κ1) is 12.4.